The first-order chi connectivity index (χ1) is 9.11. The summed E-state index contributed by atoms with van der Waals surface area (Å²) in [5, 5.41) is 3.49. The number of carbonyl (C=O) groups is 1. The molecule has 0 aliphatic heterocycles. The van der Waals surface area contributed by atoms with Gasteiger partial charge in [0.05, 0.1) is 27.5 Å². The second-order valence-corrected chi connectivity index (χ2v) is 4.46. The molecule has 1 amide bonds. The molecule has 0 unspecified atom stereocenters. The van der Waals surface area contributed by atoms with Crippen LogP contribution in [0.25, 0.3) is 0 Å². The number of carbonyl (C=O) groups excluding carboxylic acids is 1. The van der Waals surface area contributed by atoms with Gasteiger partial charge >= 0.3 is 0 Å². The number of amides is 1. The van der Waals surface area contributed by atoms with Crippen LogP contribution in [0.15, 0.2) is 36.7 Å². The Hall–Kier alpha value is -1.82. The van der Waals surface area contributed by atoms with Gasteiger partial charge in [-0.2, -0.15) is 0 Å². The lowest BCUT2D eigenvalue weighted by Gasteiger charge is -2.09. The molecule has 2 rings (SSSR count). The maximum absolute atomic E-state index is 12.1. The summed E-state index contributed by atoms with van der Waals surface area (Å²) >= 11 is 11.7. The minimum Gasteiger partial charge on any atom is -0.322 e. The molecule has 2 aromatic rings. The summed E-state index contributed by atoms with van der Waals surface area (Å²) in [4.78, 5) is 15.9. The van der Waals surface area contributed by atoms with Gasteiger partial charge in [0.15, 0.2) is 0 Å². The second kappa shape index (κ2) is 5.88. The zero-order valence-electron chi connectivity index (χ0n) is 9.65. The first-order valence-electron chi connectivity index (χ1n) is 5.29. The molecule has 5 nitrogen and oxygen atoms in total. The standard InChI is InChI=1S/C12H10Cl2N4O/c13-9-2-1-7(5-10(9)14)17-12(19)8-3-4-16-6-11(8)18-15/h1-6,18H,15H2,(H,17,19). The lowest BCUT2D eigenvalue weighted by Crippen LogP contribution is -2.17. The maximum atomic E-state index is 12.1. The van der Waals surface area contributed by atoms with Crippen LogP contribution in [0.1, 0.15) is 10.4 Å². The zero-order valence-corrected chi connectivity index (χ0v) is 11.2. The van der Waals surface area contributed by atoms with Crippen molar-refractivity contribution in [2.75, 3.05) is 10.7 Å². The van der Waals surface area contributed by atoms with E-state index in [1.54, 1.807) is 24.3 Å². The van der Waals surface area contributed by atoms with Gasteiger partial charge in [0.2, 0.25) is 0 Å². The summed E-state index contributed by atoms with van der Waals surface area (Å²) in [5.74, 6) is 4.99. The molecule has 0 atom stereocenters. The van der Waals surface area contributed by atoms with E-state index in [-0.39, 0.29) is 5.91 Å². The number of nitrogen functional groups attached to an aromatic ring is 1. The van der Waals surface area contributed by atoms with Crippen LogP contribution in [0.2, 0.25) is 10.0 Å². The molecular formula is C12H10Cl2N4O. The van der Waals surface area contributed by atoms with Crippen LogP contribution in [0.4, 0.5) is 11.4 Å². The monoisotopic (exact) mass is 296 g/mol. The van der Waals surface area contributed by atoms with Crippen molar-refractivity contribution >= 4 is 40.5 Å². The third kappa shape index (κ3) is 3.14. The molecule has 0 spiro atoms. The number of pyridine rings is 1. The predicted octanol–water partition coefficient (Wildman–Crippen LogP) is 2.93. The van der Waals surface area contributed by atoms with Gasteiger partial charge in [0.25, 0.3) is 5.91 Å². The number of hydrogen-bond donors (Lipinski definition) is 3. The number of nitrogens with two attached hydrogens (primary N) is 1. The quantitative estimate of drug-likeness (QED) is 0.601. The van der Waals surface area contributed by atoms with E-state index in [9.17, 15) is 4.79 Å². The van der Waals surface area contributed by atoms with Crippen LogP contribution in [-0.4, -0.2) is 10.9 Å². The van der Waals surface area contributed by atoms with Gasteiger partial charge in [0, 0.05) is 11.9 Å². The van der Waals surface area contributed by atoms with Gasteiger partial charge in [-0.15, -0.1) is 0 Å². The van der Waals surface area contributed by atoms with Crippen LogP contribution in [-0.2, 0) is 0 Å². The van der Waals surface area contributed by atoms with E-state index in [1.807, 2.05) is 0 Å². The predicted molar refractivity (Wildman–Crippen MR) is 76.5 cm³/mol. The fraction of sp³-hybridized carbons (Fsp3) is 0. The van der Waals surface area contributed by atoms with Gasteiger partial charge in [0.1, 0.15) is 0 Å². The number of nitrogens with zero attached hydrogens (tertiary/aromatic N) is 1. The van der Waals surface area contributed by atoms with E-state index in [0.717, 1.165) is 0 Å². The van der Waals surface area contributed by atoms with Crippen LogP contribution in [0.5, 0.6) is 0 Å². The number of aromatic nitrogens is 1. The summed E-state index contributed by atoms with van der Waals surface area (Å²) in [6.07, 6.45) is 2.97. The van der Waals surface area contributed by atoms with Crippen LogP contribution < -0.4 is 16.6 Å². The molecule has 7 heteroatoms. The Balaban J connectivity index is 2.23. The summed E-state index contributed by atoms with van der Waals surface area (Å²) < 4.78 is 0. The highest BCUT2D eigenvalue weighted by molar-refractivity contribution is 6.42. The Bertz CT molecular complexity index is 618. The Morgan fingerprint density at radius 3 is 2.68 bits per heavy atom. The molecule has 0 bridgehead atoms. The minimum atomic E-state index is -0.325. The van der Waals surface area contributed by atoms with Crippen molar-refractivity contribution < 1.29 is 4.79 Å². The fourth-order valence-electron chi connectivity index (χ4n) is 1.48. The van der Waals surface area contributed by atoms with E-state index in [0.29, 0.717) is 27.0 Å². The first kappa shape index (κ1) is 13.6. The Morgan fingerprint density at radius 2 is 2.00 bits per heavy atom. The van der Waals surface area contributed by atoms with Crippen molar-refractivity contribution in [3.05, 3.63) is 52.3 Å². The van der Waals surface area contributed by atoms with Crippen molar-refractivity contribution in [2.45, 2.75) is 0 Å². The second-order valence-electron chi connectivity index (χ2n) is 3.65. The average molecular weight is 297 g/mol. The molecule has 0 aliphatic carbocycles. The largest absolute Gasteiger partial charge is 0.322 e. The number of rotatable bonds is 3. The van der Waals surface area contributed by atoms with Gasteiger partial charge in [-0.3, -0.25) is 15.6 Å². The summed E-state index contributed by atoms with van der Waals surface area (Å²) in [6, 6.07) is 6.39. The summed E-state index contributed by atoms with van der Waals surface area (Å²) in [7, 11) is 0. The van der Waals surface area contributed by atoms with Crippen LogP contribution >= 0.6 is 23.2 Å². The van der Waals surface area contributed by atoms with Crippen LogP contribution in [0.3, 0.4) is 0 Å². The SMILES string of the molecule is NNc1cnccc1C(=O)Nc1ccc(Cl)c(Cl)c1. The Kier molecular flexibility index (Phi) is 4.21. The molecule has 0 fully saturated rings. The molecular weight excluding hydrogens is 287 g/mol. The minimum absolute atomic E-state index is 0.325. The number of nitrogens with one attached hydrogen (secondary N) is 2. The maximum Gasteiger partial charge on any atom is 0.257 e. The molecule has 1 heterocycles. The van der Waals surface area contributed by atoms with Crippen molar-refractivity contribution in [3.8, 4) is 0 Å². The number of hydrazine groups is 1. The number of hydrogen-bond acceptors (Lipinski definition) is 4. The summed E-state index contributed by atoms with van der Waals surface area (Å²) in [6.45, 7) is 0. The number of anilines is 2. The molecule has 0 saturated carbocycles. The molecule has 1 aromatic carbocycles. The number of benzene rings is 1. The lowest BCUT2D eigenvalue weighted by molar-refractivity contribution is 0.102. The van der Waals surface area contributed by atoms with Crippen molar-refractivity contribution in [1.82, 2.24) is 4.98 Å². The first-order valence-corrected chi connectivity index (χ1v) is 6.04. The van der Waals surface area contributed by atoms with E-state index >= 15 is 0 Å². The van der Waals surface area contributed by atoms with E-state index < -0.39 is 0 Å². The van der Waals surface area contributed by atoms with E-state index in [4.69, 9.17) is 29.0 Å². The molecule has 0 aliphatic rings. The van der Waals surface area contributed by atoms with Gasteiger partial charge < -0.3 is 10.7 Å². The van der Waals surface area contributed by atoms with Gasteiger partial charge in [-0.25, -0.2) is 0 Å². The number of halogens is 2. The average Bonchev–Trinajstić information content (AvgIpc) is 2.43. The highest BCUT2D eigenvalue weighted by Crippen LogP contribution is 2.25. The third-order valence-electron chi connectivity index (χ3n) is 2.40. The molecule has 19 heavy (non-hydrogen) atoms. The normalized spacial score (nSPS) is 10.1. The Morgan fingerprint density at radius 1 is 1.21 bits per heavy atom. The highest BCUT2D eigenvalue weighted by Gasteiger charge is 2.11. The topological polar surface area (TPSA) is 80.0 Å². The molecule has 0 saturated heterocycles. The Labute approximate surface area is 119 Å². The lowest BCUT2D eigenvalue weighted by atomic mass is 10.2. The molecule has 4 N–H and O–H groups in total. The smallest absolute Gasteiger partial charge is 0.257 e. The van der Waals surface area contributed by atoms with Gasteiger partial charge in [-0.05, 0) is 24.3 Å². The molecule has 1 aromatic heterocycles. The fourth-order valence-corrected chi connectivity index (χ4v) is 1.78. The van der Waals surface area contributed by atoms with Crippen molar-refractivity contribution in [1.29, 1.82) is 0 Å². The van der Waals surface area contributed by atoms with Crippen molar-refractivity contribution in [2.24, 2.45) is 5.84 Å². The van der Waals surface area contributed by atoms with Gasteiger partial charge in [-0.1, -0.05) is 23.2 Å². The highest BCUT2D eigenvalue weighted by atomic mass is 35.5. The van der Waals surface area contributed by atoms with E-state index in [2.05, 4.69) is 15.7 Å². The zero-order chi connectivity index (χ0) is 13.8. The third-order valence-corrected chi connectivity index (χ3v) is 3.14. The molecule has 98 valence electrons. The van der Waals surface area contributed by atoms with E-state index in [1.165, 1.54) is 12.4 Å². The molecule has 0 radical (unpaired) electrons. The van der Waals surface area contributed by atoms with Crippen LogP contribution in [0, 0.1) is 0 Å². The van der Waals surface area contributed by atoms with Crippen molar-refractivity contribution in [3.63, 3.8) is 0 Å². The summed E-state index contributed by atoms with van der Waals surface area (Å²) in [5.41, 5.74) is 3.76.